The summed E-state index contributed by atoms with van der Waals surface area (Å²) in [6, 6.07) is 11.4. The summed E-state index contributed by atoms with van der Waals surface area (Å²) < 4.78 is 5.37. The average Bonchev–Trinajstić information content (AvgIpc) is 3.13. The van der Waals surface area contributed by atoms with Crippen molar-refractivity contribution >= 4 is 34.5 Å². The van der Waals surface area contributed by atoms with Crippen molar-refractivity contribution in [1.82, 2.24) is 15.2 Å². The number of aromatic nitrogens is 1. The molecule has 34 heavy (non-hydrogen) atoms. The number of hydrogen-bond donors (Lipinski definition) is 3. The molecule has 3 N–H and O–H groups in total. The zero-order chi connectivity index (χ0) is 24.6. The SMILES string of the molecule is CCC(NC(=O)OC(C)(C)C)C(=O)N1CCc2c([nH]c3ccc(Cl)cc23)C1c1cccc(O)c1. The third-order valence-electron chi connectivity index (χ3n) is 5.96. The molecule has 3 aromatic rings. The highest BCUT2D eigenvalue weighted by Gasteiger charge is 2.37. The Balaban J connectivity index is 1.73. The van der Waals surface area contributed by atoms with E-state index >= 15 is 0 Å². The van der Waals surface area contributed by atoms with Crippen LogP contribution in [0.15, 0.2) is 42.5 Å². The molecule has 0 radical (unpaired) electrons. The number of ether oxygens (including phenoxy) is 1. The van der Waals surface area contributed by atoms with Gasteiger partial charge in [-0.3, -0.25) is 4.79 Å². The molecule has 0 bridgehead atoms. The molecule has 2 heterocycles. The Morgan fingerprint density at radius 3 is 2.71 bits per heavy atom. The van der Waals surface area contributed by atoms with Crippen LogP contribution in [0.2, 0.25) is 5.02 Å². The summed E-state index contributed by atoms with van der Waals surface area (Å²) in [7, 11) is 0. The van der Waals surface area contributed by atoms with Crippen LogP contribution in [0.1, 0.15) is 57.0 Å². The number of fused-ring (bicyclic) bond motifs is 3. The van der Waals surface area contributed by atoms with E-state index in [0.717, 1.165) is 27.7 Å². The molecule has 8 heteroatoms. The molecule has 1 aromatic heterocycles. The van der Waals surface area contributed by atoms with E-state index in [-0.39, 0.29) is 11.7 Å². The number of aromatic amines is 1. The maximum absolute atomic E-state index is 13.7. The van der Waals surface area contributed by atoms with E-state index in [4.69, 9.17) is 16.3 Å². The second-order valence-electron chi connectivity index (χ2n) is 9.59. The molecule has 2 unspecified atom stereocenters. The summed E-state index contributed by atoms with van der Waals surface area (Å²) in [5, 5.41) is 14.6. The van der Waals surface area contributed by atoms with E-state index in [2.05, 4.69) is 10.3 Å². The second-order valence-corrected chi connectivity index (χ2v) is 10.0. The Bertz CT molecular complexity index is 1230. The average molecular weight is 484 g/mol. The van der Waals surface area contributed by atoms with Gasteiger partial charge in [0.1, 0.15) is 17.4 Å². The monoisotopic (exact) mass is 483 g/mol. The van der Waals surface area contributed by atoms with Gasteiger partial charge in [-0.2, -0.15) is 0 Å². The summed E-state index contributed by atoms with van der Waals surface area (Å²) in [5.74, 6) is -0.0841. The number of nitrogens with zero attached hydrogens (tertiary/aromatic N) is 1. The summed E-state index contributed by atoms with van der Waals surface area (Å²) in [5.41, 5.74) is 3.03. The topological polar surface area (TPSA) is 94.7 Å². The third-order valence-corrected chi connectivity index (χ3v) is 6.19. The van der Waals surface area contributed by atoms with Crippen molar-refractivity contribution in [3.63, 3.8) is 0 Å². The van der Waals surface area contributed by atoms with Crippen LogP contribution in [0.3, 0.4) is 0 Å². The number of amides is 2. The van der Waals surface area contributed by atoms with Gasteiger partial charge in [0, 0.05) is 28.2 Å². The smallest absolute Gasteiger partial charge is 0.408 e. The van der Waals surface area contributed by atoms with E-state index < -0.39 is 23.8 Å². The molecule has 1 aliphatic heterocycles. The van der Waals surface area contributed by atoms with Gasteiger partial charge in [-0.05, 0) is 75.1 Å². The van der Waals surface area contributed by atoms with Crippen molar-refractivity contribution in [1.29, 1.82) is 0 Å². The first-order chi connectivity index (χ1) is 16.1. The van der Waals surface area contributed by atoms with E-state index in [9.17, 15) is 14.7 Å². The minimum atomic E-state index is -0.741. The number of rotatable bonds is 4. The molecule has 0 aliphatic carbocycles. The van der Waals surface area contributed by atoms with Gasteiger partial charge in [0.05, 0.1) is 6.04 Å². The van der Waals surface area contributed by atoms with Gasteiger partial charge in [0.2, 0.25) is 5.91 Å². The number of benzene rings is 2. The molecule has 7 nitrogen and oxygen atoms in total. The Labute approximate surface area is 204 Å². The van der Waals surface area contributed by atoms with Gasteiger partial charge in [0.15, 0.2) is 0 Å². The largest absolute Gasteiger partial charge is 0.508 e. The number of H-pyrrole nitrogens is 1. The lowest BCUT2D eigenvalue weighted by Crippen LogP contribution is -2.52. The number of halogens is 1. The number of carbonyl (C=O) groups is 2. The van der Waals surface area contributed by atoms with Gasteiger partial charge in [-0.15, -0.1) is 0 Å². The zero-order valence-corrected chi connectivity index (χ0v) is 20.6. The van der Waals surface area contributed by atoms with Crippen LogP contribution in [-0.2, 0) is 16.0 Å². The summed E-state index contributed by atoms with van der Waals surface area (Å²) in [4.78, 5) is 31.4. The summed E-state index contributed by atoms with van der Waals surface area (Å²) >= 11 is 6.26. The zero-order valence-electron chi connectivity index (χ0n) is 19.8. The molecule has 2 atom stereocenters. The first-order valence-corrected chi connectivity index (χ1v) is 11.8. The van der Waals surface area contributed by atoms with Crippen LogP contribution >= 0.6 is 11.6 Å². The highest BCUT2D eigenvalue weighted by Crippen LogP contribution is 2.40. The van der Waals surface area contributed by atoms with Crippen molar-refractivity contribution in [2.45, 2.75) is 58.2 Å². The Kier molecular flexibility index (Phi) is 6.49. The van der Waals surface area contributed by atoms with Crippen molar-refractivity contribution in [3.8, 4) is 5.75 Å². The van der Waals surface area contributed by atoms with Gasteiger partial charge in [-0.25, -0.2) is 4.79 Å². The maximum atomic E-state index is 13.7. The second kappa shape index (κ2) is 9.22. The fourth-order valence-corrected chi connectivity index (χ4v) is 4.70. The first-order valence-electron chi connectivity index (χ1n) is 11.5. The van der Waals surface area contributed by atoms with E-state index in [1.807, 2.05) is 31.2 Å². The van der Waals surface area contributed by atoms with E-state index in [1.165, 1.54) is 0 Å². The number of phenols is 1. The Morgan fingerprint density at radius 1 is 1.26 bits per heavy atom. The van der Waals surface area contributed by atoms with Crippen LogP contribution in [0.25, 0.3) is 10.9 Å². The van der Waals surface area contributed by atoms with E-state index in [1.54, 1.807) is 43.9 Å². The van der Waals surface area contributed by atoms with Crippen LogP contribution < -0.4 is 5.32 Å². The summed E-state index contributed by atoms with van der Waals surface area (Å²) in [6.45, 7) is 7.65. The summed E-state index contributed by atoms with van der Waals surface area (Å²) in [6.07, 6.45) is 0.426. The molecule has 2 amide bonds. The highest BCUT2D eigenvalue weighted by atomic mass is 35.5. The van der Waals surface area contributed by atoms with Gasteiger partial charge < -0.3 is 25.0 Å². The predicted octanol–water partition coefficient (Wildman–Crippen LogP) is 5.30. The maximum Gasteiger partial charge on any atom is 0.408 e. The van der Waals surface area contributed by atoms with Crippen molar-refractivity contribution < 1.29 is 19.4 Å². The number of nitrogens with one attached hydrogen (secondary N) is 2. The minimum Gasteiger partial charge on any atom is -0.508 e. The molecule has 180 valence electrons. The van der Waals surface area contributed by atoms with Crippen LogP contribution in [0, 0.1) is 0 Å². The molecular weight excluding hydrogens is 454 g/mol. The molecular formula is C26H30ClN3O4. The van der Waals surface area contributed by atoms with Crippen molar-refractivity contribution in [2.75, 3.05) is 6.54 Å². The molecule has 0 saturated carbocycles. The van der Waals surface area contributed by atoms with Gasteiger partial charge in [0.25, 0.3) is 0 Å². The highest BCUT2D eigenvalue weighted by molar-refractivity contribution is 6.31. The first kappa shape index (κ1) is 24.0. The van der Waals surface area contributed by atoms with Gasteiger partial charge in [-0.1, -0.05) is 30.7 Å². The third kappa shape index (κ3) is 4.85. The number of hydrogen-bond acceptors (Lipinski definition) is 4. The molecule has 0 saturated heterocycles. The lowest BCUT2D eigenvalue weighted by atomic mass is 9.91. The fraction of sp³-hybridized carbons (Fsp3) is 0.385. The Morgan fingerprint density at radius 2 is 2.03 bits per heavy atom. The lowest BCUT2D eigenvalue weighted by Gasteiger charge is -2.38. The molecule has 0 fully saturated rings. The number of alkyl carbamates (subject to hydrolysis) is 1. The molecule has 2 aromatic carbocycles. The van der Waals surface area contributed by atoms with Crippen LogP contribution in [0.4, 0.5) is 4.79 Å². The number of phenolic OH excluding ortho intramolecular Hbond substituents is 1. The van der Waals surface area contributed by atoms with Crippen molar-refractivity contribution in [3.05, 3.63) is 64.3 Å². The lowest BCUT2D eigenvalue weighted by molar-refractivity contribution is -0.135. The molecule has 0 spiro atoms. The number of carbonyl (C=O) groups excluding carboxylic acids is 2. The van der Waals surface area contributed by atoms with E-state index in [0.29, 0.717) is 24.4 Å². The van der Waals surface area contributed by atoms with Crippen molar-refractivity contribution in [2.24, 2.45) is 0 Å². The standard InChI is InChI=1S/C26H30ClN3O4/c1-5-20(29-25(33)34-26(2,3)4)24(32)30-12-11-18-19-14-16(27)9-10-21(19)28-22(18)23(30)15-7-6-8-17(31)13-15/h6-10,13-14,20,23,28,31H,5,11-12H2,1-4H3,(H,29,33). The van der Waals surface area contributed by atoms with Crippen LogP contribution in [-0.4, -0.2) is 45.2 Å². The normalized spacial score (nSPS) is 16.7. The molecule has 1 aliphatic rings. The van der Waals surface area contributed by atoms with Gasteiger partial charge >= 0.3 is 6.09 Å². The molecule has 4 rings (SSSR count). The Hall–Kier alpha value is -3.19. The fourth-order valence-electron chi connectivity index (χ4n) is 4.53. The predicted molar refractivity (Wildman–Crippen MR) is 132 cm³/mol. The minimum absolute atomic E-state index is 0.120. The quantitative estimate of drug-likeness (QED) is 0.469. The van der Waals surface area contributed by atoms with Crippen LogP contribution in [0.5, 0.6) is 5.75 Å². The number of aromatic hydroxyl groups is 1.